The van der Waals surface area contributed by atoms with Gasteiger partial charge in [0.1, 0.15) is 5.82 Å². The number of morpholine rings is 1. The summed E-state index contributed by atoms with van der Waals surface area (Å²) in [6.45, 7) is 8.00. The van der Waals surface area contributed by atoms with Gasteiger partial charge in [0.15, 0.2) is 5.96 Å². The molecule has 0 bridgehead atoms. The van der Waals surface area contributed by atoms with Gasteiger partial charge in [-0.3, -0.25) is 9.89 Å². The van der Waals surface area contributed by atoms with Gasteiger partial charge in [-0.2, -0.15) is 0 Å². The van der Waals surface area contributed by atoms with Crippen LogP contribution >= 0.6 is 35.3 Å². The number of benzene rings is 1. The first-order valence-electron chi connectivity index (χ1n) is 10.4. The fourth-order valence-corrected chi connectivity index (χ4v) is 4.41. The molecule has 31 heavy (non-hydrogen) atoms. The standard InChI is InChI=1S/C22H31FN4O2S.HI/c1-3-24-22(26-14-20(28)17-7-4-5-8-18(17)23)25-13-19(21-9-6-12-30-21)27-10-11-29-16(2)15-27;/h4-9,12,16,19-20,28H,3,10-11,13-15H2,1-2H3,(H2,24,25,26);1H. The Morgan fingerprint density at radius 2 is 2.13 bits per heavy atom. The van der Waals surface area contributed by atoms with Gasteiger partial charge in [0.05, 0.1) is 31.4 Å². The number of aliphatic hydroxyl groups is 1. The highest BCUT2D eigenvalue weighted by Gasteiger charge is 2.26. The van der Waals surface area contributed by atoms with E-state index in [1.54, 1.807) is 29.5 Å². The molecule has 6 nitrogen and oxygen atoms in total. The Balaban J connectivity index is 0.00000341. The first-order chi connectivity index (χ1) is 14.6. The summed E-state index contributed by atoms with van der Waals surface area (Å²) in [4.78, 5) is 8.46. The van der Waals surface area contributed by atoms with E-state index >= 15 is 0 Å². The third-order valence-corrected chi connectivity index (χ3v) is 6.05. The van der Waals surface area contributed by atoms with Crippen molar-refractivity contribution in [3.8, 4) is 0 Å². The lowest BCUT2D eigenvalue weighted by atomic mass is 10.1. The van der Waals surface area contributed by atoms with Crippen molar-refractivity contribution in [1.29, 1.82) is 0 Å². The van der Waals surface area contributed by atoms with Gasteiger partial charge in [-0.25, -0.2) is 4.39 Å². The number of nitrogens with one attached hydrogen (secondary N) is 2. The van der Waals surface area contributed by atoms with Crippen LogP contribution in [0, 0.1) is 5.82 Å². The molecule has 1 aliphatic rings. The highest BCUT2D eigenvalue weighted by Crippen LogP contribution is 2.27. The summed E-state index contributed by atoms with van der Waals surface area (Å²) in [7, 11) is 0. The zero-order chi connectivity index (χ0) is 21.3. The molecule has 2 aromatic rings. The average Bonchev–Trinajstić information content (AvgIpc) is 3.27. The van der Waals surface area contributed by atoms with E-state index in [0.29, 0.717) is 19.0 Å². The number of guanidine groups is 1. The van der Waals surface area contributed by atoms with Gasteiger partial charge in [-0.15, -0.1) is 35.3 Å². The lowest BCUT2D eigenvalue weighted by Crippen LogP contribution is -2.44. The van der Waals surface area contributed by atoms with E-state index in [2.05, 4.69) is 40.0 Å². The predicted molar refractivity (Wildman–Crippen MR) is 135 cm³/mol. The number of hydrogen-bond acceptors (Lipinski definition) is 5. The number of rotatable bonds is 8. The van der Waals surface area contributed by atoms with E-state index in [4.69, 9.17) is 9.73 Å². The molecule has 3 N–H and O–H groups in total. The third kappa shape index (κ3) is 7.67. The van der Waals surface area contributed by atoms with Gasteiger partial charge in [0.25, 0.3) is 0 Å². The van der Waals surface area contributed by atoms with Gasteiger partial charge >= 0.3 is 0 Å². The summed E-state index contributed by atoms with van der Waals surface area (Å²) in [5, 5.41) is 18.8. The SMILES string of the molecule is CCNC(=NCC(c1cccs1)N1CCOC(C)C1)NCC(O)c1ccccc1F.I. The Bertz CT molecular complexity index is 809. The summed E-state index contributed by atoms with van der Waals surface area (Å²) >= 11 is 1.73. The number of nitrogens with zero attached hydrogens (tertiary/aromatic N) is 2. The minimum Gasteiger partial charge on any atom is -0.386 e. The van der Waals surface area contributed by atoms with Crippen molar-refractivity contribution in [2.45, 2.75) is 32.1 Å². The van der Waals surface area contributed by atoms with Crippen molar-refractivity contribution >= 4 is 41.3 Å². The van der Waals surface area contributed by atoms with Crippen molar-refractivity contribution in [2.24, 2.45) is 4.99 Å². The van der Waals surface area contributed by atoms with Crippen LogP contribution in [0.5, 0.6) is 0 Å². The molecule has 3 atom stereocenters. The molecule has 0 amide bonds. The van der Waals surface area contributed by atoms with Crippen molar-refractivity contribution in [3.05, 3.63) is 58.0 Å². The van der Waals surface area contributed by atoms with Crippen LogP contribution in [-0.2, 0) is 4.74 Å². The molecule has 1 aromatic carbocycles. The smallest absolute Gasteiger partial charge is 0.191 e. The molecule has 0 aliphatic carbocycles. The maximum atomic E-state index is 13.9. The summed E-state index contributed by atoms with van der Waals surface area (Å²) in [5.41, 5.74) is 0.277. The van der Waals surface area contributed by atoms with Gasteiger partial charge in [0, 0.05) is 36.6 Å². The van der Waals surface area contributed by atoms with Crippen molar-refractivity contribution in [3.63, 3.8) is 0 Å². The average molecular weight is 562 g/mol. The van der Waals surface area contributed by atoms with Gasteiger partial charge in [-0.05, 0) is 31.4 Å². The van der Waals surface area contributed by atoms with Crippen molar-refractivity contribution in [2.75, 3.05) is 39.3 Å². The fourth-order valence-electron chi connectivity index (χ4n) is 3.56. The molecule has 1 aromatic heterocycles. The van der Waals surface area contributed by atoms with Crippen molar-refractivity contribution in [1.82, 2.24) is 15.5 Å². The molecule has 0 spiro atoms. The number of ether oxygens (including phenoxy) is 1. The van der Waals surface area contributed by atoms with Crippen LogP contribution < -0.4 is 10.6 Å². The topological polar surface area (TPSA) is 69.1 Å². The minimum absolute atomic E-state index is 0. The second-order valence-corrected chi connectivity index (χ2v) is 8.32. The van der Waals surface area contributed by atoms with Gasteiger partial charge in [0.2, 0.25) is 0 Å². The Morgan fingerprint density at radius 1 is 1.32 bits per heavy atom. The number of aliphatic imine (C=N–C) groups is 1. The Labute approximate surface area is 204 Å². The predicted octanol–water partition coefficient (Wildman–Crippen LogP) is 3.56. The van der Waals surface area contributed by atoms with E-state index in [-0.39, 0.29) is 48.2 Å². The Hall–Kier alpha value is -1.27. The second kappa shape index (κ2) is 13.3. The third-order valence-electron chi connectivity index (χ3n) is 5.08. The number of hydrogen-bond donors (Lipinski definition) is 3. The molecular weight excluding hydrogens is 530 g/mol. The second-order valence-electron chi connectivity index (χ2n) is 7.35. The molecule has 3 unspecified atom stereocenters. The Morgan fingerprint density at radius 3 is 2.81 bits per heavy atom. The van der Waals surface area contributed by atoms with Gasteiger partial charge in [-0.1, -0.05) is 24.3 Å². The summed E-state index contributed by atoms with van der Waals surface area (Å²) in [6.07, 6.45) is -0.754. The zero-order valence-corrected chi connectivity index (χ0v) is 21.1. The van der Waals surface area contributed by atoms with E-state index in [1.807, 2.05) is 6.92 Å². The molecule has 1 aliphatic heterocycles. The number of halogens is 2. The summed E-state index contributed by atoms with van der Waals surface area (Å²) < 4.78 is 19.6. The molecule has 9 heteroatoms. The van der Waals surface area contributed by atoms with Crippen LogP contribution in [-0.4, -0.2) is 61.4 Å². The first-order valence-corrected chi connectivity index (χ1v) is 11.3. The van der Waals surface area contributed by atoms with Gasteiger partial charge < -0.3 is 20.5 Å². The first kappa shape index (κ1) is 26.0. The molecule has 3 rings (SSSR count). The number of thiophene rings is 1. The molecule has 2 heterocycles. The highest BCUT2D eigenvalue weighted by atomic mass is 127. The molecule has 0 saturated carbocycles. The quantitative estimate of drug-likeness (QED) is 0.261. The Kier molecular flexibility index (Phi) is 11.2. The van der Waals surface area contributed by atoms with Crippen LogP contribution in [0.15, 0.2) is 46.8 Å². The van der Waals surface area contributed by atoms with E-state index in [9.17, 15) is 9.50 Å². The maximum absolute atomic E-state index is 13.9. The summed E-state index contributed by atoms with van der Waals surface area (Å²) in [6, 6.07) is 10.7. The summed E-state index contributed by atoms with van der Waals surface area (Å²) in [5.74, 6) is 0.198. The molecule has 172 valence electrons. The van der Waals surface area contributed by atoms with E-state index < -0.39 is 11.9 Å². The zero-order valence-electron chi connectivity index (χ0n) is 18.0. The van der Waals surface area contributed by atoms with E-state index in [1.165, 1.54) is 10.9 Å². The van der Waals surface area contributed by atoms with Crippen LogP contribution in [0.1, 0.15) is 36.4 Å². The van der Waals surface area contributed by atoms with Crippen molar-refractivity contribution < 1.29 is 14.2 Å². The normalized spacial score (nSPS) is 19.4. The molecule has 1 saturated heterocycles. The van der Waals surface area contributed by atoms with Crippen LogP contribution in [0.25, 0.3) is 0 Å². The highest BCUT2D eigenvalue weighted by molar-refractivity contribution is 14.0. The van der Waals surface area contributed by atoms with Crippen LogP contribution in [0.3, 0.4) is 0 Å². The maximum Gasteiger partial charge on any atom is 0.191 e. The molecule has 1 fully saturated rings. The molecular formula is C22H32FIN4O2S. The monoisotopic (exact) mass is 562 g/mol. The van der Waals surface area contributed by atoms with E-state index in [0.717, 1.165) is 19.7 Å². The van der Waals surface area contributed by atoms with Crippen LogP contribution in [0.2, 0.25) is 0 Å². The van der Waals surface area contributed by atoms with Crippen LogP contribution in [0.4, 0.5) is 4.39 Å². The molecule has 0 radical (unpaired) electrons. The lowest BCUT2D eigenvalue weighted by Gasteiger charge is -2.36. The minimum atomic E-state index is -0.955. The lowest BCUT2D eigenvalue weighted by molar-refractivity contribution is -0.0327. The number of aliphatic hydroxyl groups excluding tert-OH is 1. The largest absolute Gasteiger partial charge is 0.386 e. The fraction of sp³-hybridized carbons (Fsp3) is 0.500.